The number of carbonyl (C=O) groups excluding carboxylic acids is 1. The molecule has 1 saturated heterocycles. The van der Waals surface area contributed by atoms with Crippen molar-refractivity contribution >= 4 is 15.8 Å². The van der Waals surface area contributed by atoms with Crippen molar-refractivity contribution in [3.05, 3.63) is 23.7 Å². The second kappa shape index (κ2) is 4.97. The van der Waals surface area contributed by atoms with Gasteiger partial charge in [0.05, 0.1) is 24.9 Å². The zero-order valence-electron chi connectivity index (χ0n) is 10.9. The number of methoxy groups -OCH3 is 1. The lowest BCUT2D eigenvalue weighted by atomic mass is 10.0. The number of ether oxygens (including phenoxy) is 1. The highest BCUT2D eigenvalue weighted by Crippen LogP contribution is 2.24. The van der Waals surface area contributed by atoms with Crippen molar-refractivity contribution < 1.29 is 22.4 Å². The molecule has 0 bridgehead atoms. The smallest absolute Gasteiger partial charge is 0.374 e. The molecule has 1 N–H and O–H groups in total. The third kappa shape index (κ3) is 3.16. The predicted molar refractivity (Wildman–Crippen MR) is 68.6 cm³/mol. The van der Waals surface area contributed by atoms with Crippen LogP contribution in [0.5, 0.6) is 0 Å². The first-order chi connectivity index (χ1) is 8.85. The first kappa shape index (κ1) is 14.1. The fourth-order valence-electron chi connectivity index (χ4n) is 2.21. The minimum Gasteiger partial charge on any atom is -0.463 e. The lowest BCUT2D eigenvalue weighted by molar-refractivity contribution is 0.0563. The van der Waals surface area contributed by atoms with Gasteiger partial charge in [-0.1, -0.05) is 0 Å². The second-order valence-electron chi connectivity index (χ2n) is 5.02. The monoisotopic (exact) mass is 287 g/mol. The maximum atomic E-state index is 11.5. The molecule has 7 heteroatoms. The maximum absolute atomic E-state index is 11.5. The van der Waals surface area contributed by atoms with Crippen LogP contribution in [0, 0.1) is 0 Å². The van der Waals surface area contributed by atoms with E-state index in [0.717, 1.165) is 0 Å². The Bertz CT molecular complexity index is 577. The standard InChI is InChI=1S/C12H17NO5S/c1-12(4-6-19(15,16)8-12)13-7-9-3-5-18-10(9)11(14)17-2/h3,5,13H,4,6-8H2,1-2H3. The third-order valence-corrected chi connectivity index (χ3v) is 5.23. The molecule has 1 fully saturated rings. The summed E-state index contributed by atoms with van der Waals surface area (Å²) in [5.41, 5.74) is 0.209. The molecule has 1 aliphatic rings. The molecule has 0 radical (unpaired) electrons. The van der Waals surface area contributed by atoms with Crippen LogP contribution < -0.4 is 5.32 Å². The topological polar surface area (TPSA) is 85.6 Å². The molecule has 1 atom stereocenters. The Morgan fingerprint density at radius 2 is 2.32 bits per heavy atom. The number of carbonyl (C=O) groups is 1. The summed E-state index contributed by atoms with van der Waals surface area (Å²) in [6.45, 7) is 2.24. The van der Waals surface area contributed by atoms with Crippen LogP contribution in [-0.2, 0) is 21.1 Å². The van der Waals surface area contributed by atoms with Gasteiger partial charge in [0.1, 0.15) is 0 Å². The van der Waals surface area contributed by atoms with Crippen molar-refractivity contribution in [2.24, 2.45) is 0 Å². The summed E-state index contributed by atoms with van der Waals surface area (Å²) in [7, 11) is -1.67. The highest BCUT2D eigenvalue weighted by molar-refractivity contribution is 7.91. The minimum absolute atomic E-state index is 0.116. The summed E-state index contributed by atoms with van der Waals surface area (Å²) >= 11 is 0. The van der Waals surface area contributed by atoms with E-state index in [1.165, 1.54) is 13.4 Å². The van der Waals surface area contributed by atoms with E-state index >= 15 is 0 Å². The van der Waals surface area contributed by atoms with E-state index in [0.29, 0.717) is 18.5 Å². The Morgan fingerprint density at radius 3 is 2.89 bits per heavy atom. The van der Waals surface area contributed by atoms with Gasteiger partial charge in [-0.2, -0.15) is 0 Å². The molecule has 1 aromatic heterocycles. The molecule has 0 spiro atoms. The fourth-order valence-corrected chi connectivity index (χ4v) is 4.33. The van der Waals surface area contributed by atoms with Crippen molar-refractivity contribution in [1.82, 2.24) is 5.32 Å². The molecule has 0 saturated carbocycles. The Balaban J connectivity index is 2.04. The zero-order chi connectivity index (χ0) is 14.1. The Labute approximate surface area is 112 Å². The van der Waals surface area contributed by atoms with Gasteiger partial charge in [0, 0.05) is 17.6 Å². The van der Waals surface area contributed by atoms with Crippen LogP contribution in [0.4, 0.5) is 0 Å². The average molecular weight is 287 g/mol. The van der Waals surface area contributed by atoms with Gasteiger partial charge < -0.3 is 14.5 Å². The maximum Gasteiger partial charge on any atom is 0.374 e. The van der Waals surface area contributed by atoms with Crippen molar-refractivity contribution in [2.45, 2.75) is 25.4 Å². The molecule has 19 heavy (non-hydrogen) atoms. The summed E-state index contributed by atoms with van der Waals surface area (Å²) < 4.78 is 32.7. The van der Waals surface area contributed by atoms with Gasteiger partial charge in [0.15, 0.2) is 9.84 Å². The van der Waals surface area contributed by atoms with Gasteiger partial charge in [0.2, 0.25) is 5.76 Å². The van der Waals surface area contributed by atoms with Crippen LogP contribution >= 0.6 is 0 Å². The van der Waals surface area contributed by atoms with E-state index < -0.39 is 21.3 Å². The van der Waals surface area contributed by atoms with E-state index in [1.807, 2.05) is 6.92 Å². The van der Waals surface area contributed by atoms with E-state index in [2.05, 4.69) is 10.1 Å². The van der Waals surface area contributed by atoms with E-state index in [1.54, 1.807) is 6.07 Å². The summed E-state index contributed by atoms with van der Waals surface area (Å²) in [4.78, 5) is 11.4. The van der Waals surface area contributed by atoms with Gasteiger partial charge in [-0.3, -0.25) is 0 Å². The quantitative estimate of drug-likeness (QED) is 0.822. The summed E-state index contributed by atoms with van der Waals surface area (Å²) in [5.74, 6) is -0.0672. The molecule has 6 nitrogen and oxygen atoms in total. The molecule has 1 aliphatic heterocycles. The summed E-state index contributed by atoms with van der Waals surface area (Å²) in [6.07, 6.45) is 1.98. The predicted octanol–water partition coefficient (Wildman–Crippen LogP) is 0.733. The molecule has 1 unspecified atom stereocenters. The molecular weight excluding hydrogens is 270 g/mol. The average Bonchev–Trinajstić information content (AvgIpc) is 2.91. The molecule has 106 valence electrons. The first-order valence-corrected chi connectivity index (χ1v) is 7.77. The van der Waals surface area contributed by atoms with Gasteiger partial charge >= 0.3 is 5.97 Å². The summed E-state index contributed by atoms with van der Waals surface area (Å²) in [6, 6.07) is 1.67. The minimum atomic E-state index is -2.95. The van der Waals surface area contributed by atoms with Crippen LogP contribution in [0.25, 0.3) is 0 Å². The van der Waals surface area contributed by atoms with E-state index in [9.17, 15) is 13.2 Å². The Hall–Kier alpha value is -1.34. The van der Waals surface area contributed by atoms with Crippen molar-refractivity contribution in [1.29, 1.82) is 0 Å². The van der Waals surface area contributed by atoms with Crippen LogP contribution in [0.3, 0.4) is 0 Å². The van der Waals surface area contributed by atoms with E-state index in [-0.39, 0.29) is 17.3 Å². The Kier molecular flexibility index (Phi) is 3.69. The van der Waals surface area contributed by atoms with Gasteiger partial charge in [0.25, 0.3) is 0 Å². The summed E-state index contributed by atoms with van der Waals surface area (Å²) in [5, 5.41) is 3.19. The molecule has 1 aromatic rings. The number of sulfone groups is 1. The van der Waals surface area contributed by atoms with Crippen LogP contribution in [0.1, 0.15) is 29.5 Å². The second-order valence-corrected chi connectivity index (χ2v) is 7.21. The van der Waals surface area contributed by atoms with Crippen LogP contribution in [-0.4, -0.2) is 38.5 Å². The van der Waals surface area contributed by atoms with Crippen molar-refractivity contribution in [3.63, 3.8) is 0 Å². The first-order valence-electron chi connectivity index (χ1n) is 5.95. The number of esters is 1. The third-order valence-electron chi connectivity index (χ3n) is 3.33. The Morgan fingerprint density at radius 1 is 1.58 bits per heavy atom. The lowest BCUT2D eigenvalue weighted by Gasteiger charge is -2.23. The molecule has 2 rings (SSSR count). The molecule has 0 aliphatic carbocycles. The van der Waals surface area contributed by atoms with Crippen molar-refractivity contribution in [2.75, 3.05) is 18.6 Å². The van der Waals surface area contributed by atoms with Crippen LogP contribution in [0.2, 0.25) is 0 Å². The number of furan rings is 1. The molecule has 2 heterocycles. The van der Waals surface area contributed by atoms with Gasteiger partial charge in [-0.25, -0.2) is 13.2 Å². The largest absolute Gasteiger partial charge is 0.463 e. The highest BCUT2D eigenvalue weighted by Gasteiger charge is 2.38. The van der Waals surface area contributed by atoms with Crippen LogP contribution in [0.15, 0.2) is 16.7 Å². The molecular formula is C12H17NO5S. The number of hydrogen-bond donors (Lipinski definition) is 1. The fraction of sp³-hybridized carbons (Fsp3) is 0.583. The molecule has 0 amide bonds. The van der Waals surface area contributed by atoms with E-state index in [4.69, 9.17) is 4.42 Å². The number of hydrogen-bond acceptors (Lipinski definition) is 6. The zero-order valence-corrected chi connectivity index (χ0v) is 11.7. The van der Waals surface area contributed by atoms with Gasteiger partial charge in [-0.15, -0.1) is 0 Å². The number of nitrogens with one attached hydrogen (secondary N) is 1. The SMILES string of the molecule is COC(=O)c1occc1CNC1(C)CCS(=O)(=O)C1. The van der Waals surface area contributed by atoms with Crippen molar-refractivity contribution in [3.8, 4) is 0 Å². The van der Waals surface area contributed by atoms with Gasteiger partial charge in [-0.05, 0) is 19.4 Å². The molecule has 0 aromatic carbocycles. The number of rotatable bonds is 4. The lowest BCUT2D eigenvalue weighted by Crippen LogP contribution is -2.43. The normalized spacial score (nSPS) is 25.4. The highest BCUT2D eigenvalue weighted by atomic mass is 32.2.